The van der Waals surface area contributed by atoms with Crippen molar-refractivity contribution in [1.82, 2.24) is 0 Å². The molecular formula is C30H47FO8S. The molecule has 2 atom stereocenters. The second-order valence-corrected chi connectivity index (χ2v) is 13.2. The second-order valence-electron chi connectivity index (χ2n) is 11.1. The summed E-state index contributed by atoms with van der Waals surface area (Å²) >= 11 is 0. The van der Waals surface area contributed by atoms with Gasteiger partial charge in [-0.1, -0.05) is 64.8 Å². The number of alkyl halides is 1. The molecule has 0 aliphatic carbocycles. The summed E-state index contributed by atoms with van der Waals surface area (Å²) in [6.07, 6.45) is 2.65. The number of rotatable bonds is 19. The van der Waals surface area contributed by atoms with Gasteiger partial charge in [-0.25, -0.2) is 12.8 Å². The molecule has 0 heterocycles. The van der Waals surface area contributed by atoms with E-state index in [1.165, 1.54) is 0 Å². The Hall–Kier alpha value is -2.49. The average Bonchev–Trinajstić information content (AvgIpc) is 2.86. The van der Waals surface area contributed by atoms with Crippen LogP contribution in [-0.2, 0) is 50.3 Å². The van der Waals surface area contributed by atoms with Gasteiger partial charge in [0.25, 0.3) is 0 Å². The normalized spacial score (nSPS) is 14.2. The first-order chi connectivity index (χ1) is 18.8. The van der Waals surface area contributed by atoms with Crippen molar-refractivity contribution >= 4 is 27.7 Å². The van der Waals surface area contributed by atoms with E-state index in [4.69, 9.17) is 14.2 Å². The predicted molar refractivity (Wildman–Crippen MR) is 152 cm³/mol. The van der Waals surface area contributed by atoms with Gasteiger partial charge in [0.05, 0.1) is 31.5 Å². The molecule has 228 valence electrons. The molecule has 0 aliphatic heterocycles. The van der Waals surface area contributed by atoms with E-state index in [1.54, 1.807) is 52.8 Å². The summed E-state index contributed by atoms with van der Waals surface area (Å²) in [6, 6.07) is 6.99. The van der Waals surface area contributed by atoms with Gasteiger partial charge < -0.3 is 14.2 Å². The van der Waals surface area contributed by atoms with Gasteiger partial charge in [0.15, 0.2) is 9.84 Å². The van der Waals surface area contributed by atoms with Crippen LogP contribution in [0.3, 0.4) is 0 Å². The maximum absolute atomic E-state index is 15.0. The minimum absolute atomic E-state index is 0.0976. The number of hydrogen-bond acceptors (Lipinski definition) is 8. The Morgan fingerprint density at radius 2 is 1.65 bits per heavy atom. The van der Waals surface area contributed by atoms with Gasteiger partial charge >= 0.3 is 17.9 Å². The lowest BCUT2D eigenvalue weighted by Gasteiger charge is -2.32. The van der Waals surface area contributed by atoms with Gasteiger partial charge in [-0.05, 0) is 56.1 Å². The third-order valence-corrected chi connectivity index (χ3v) is 8.67. The van der Waals surface area contributed by atoms with Crippen molar-refractivity contribution in [3.63, 3.8) is 0 Å². The van der Waals surface area contributed by atoms with Crippen molar-refractivity contribution in [2.45, 2.75) is 85.5 Å². The largest absolute Gasteiger partial charge is 0.466 e. The molecule has 8 nitrogen and oxygen atoms in total. The third-order valence-electron chi connectivity index (χ3n) is 6.77. The van der Waals surface area contributed by atoms with Crippen LogP contribution in [0.2, 0.25) is 0 Å². The van der Waals surface area contributed by atoms with Gasteiger partial charge in [0, 0.05) is 0 Å². The summed E-state index contributed by atoms with van der Waals surface area (Å²) in [5, 5.41) is 0. The van der Waals surface area contributed by atoms with Crippen molar-refractivity contribution in [1.29, 1.82) is 0 Å². The molecule has 0 spiro atoms. The molecule has 1 aromatic carbocycles. The monoisotopic (exact) mass is 586 g/mol. The molecule has 1 aromatic rings. The van der Waals surface area contributed by atoms with Crippen LogP contribution in [0.1, 0.15) is 84.8 Å². The number of halogens is 1. The fourth-order valence-corrected chi connectivity index (χ4v) is 6.58. The number of unbranched alkanes of at least 4 members (excludes halogenated alkanes) is 1. The summed E-state index contributed by atoms with van der Waals surface area (Å²) in [7, 11) is -3.72. The molecule has 0 aliphatic rings. The fourth-order valence-electron chi connectivity index (χ4n) is 4.70. The van der Waals surface area contributed by atoms with Crippen LogP contribution in [0.25, 0.3) is 0 Å². The average molecular weight is 587 g/mol. The Morgan fingerprint density at radius 1 is 0.975 bits per heavy atom. The van der Waals surface area contributed by atoms with Gasteiger partial charge in [0.1, 0.15) is 17.8 Å². The molecule has 0 fully saturated rings. The zero-order chi connectivity index (χ0) is 30.4. The standard InChI is InChI=1S/C30H47FO8S/c1-7-10-17-39-28(34)30(21-31,25-14-11-13-24(19-25)18-23(4)27(33)38-9-3)16-12-15-29(5,6)22-40(35,36)20-26(32)37-8-2/h11,13-14,19,23H,7-10,12,15-18,20-22H2,1-6H3. The van der Waals surface area contributed by atoms with E-state index in [9.17, 15) is 27.2 Å². The smallest absolute Gasteiger partial charge is 0.321 e. The second kappa shape index (κ2) is 16.7. The van der Waals surface area contributed by atoms with E-state index in [0.717, 1.165) is 12.0 Å². The SMILES string of the molecule is CCCCOC(=O)C(CF)(CCCC(C)(C)CS(=O)(=O)CC(=O)OCC)c1cccc(CC(C)C(=O)OCC)c1. The van der Waals surface area contributed by atoms with Crippen LogP contribution in [0, 0.1) is 11.3 Å². The zero-order valence-electron chi connectivity index (χ0n) is 24.9. The lowest BCUT2D eigenvalue weighted by molar-refractivity contribution is -0.152. The third kappa shape index (κ3) is 11.6. The molecule has 2 unspecified atom stereocenters. The Labute approximate surface area is 239 Å². The van der Waals surface area contributed by atoms with E-state index < -0.39 is 51.0 Å². The number of sulfone groups is 1. The van der Waals surface area contributed by atoms with Crippen LogP contribution in [-0.4, -0.2) is 64.3 Å². The number of esters is 3. The highest BCUT2D eigenvalue weighted by Gasteiger charge is 2.42. The topological polar surface area (TPSA) is 113 Å². The van der Waals surface area contributed by atoms with Gasteiger partial charge in [-0.3, -0.25) is 14.4 Å². The number of ether oxygens (including phenoxy) is 3. The summed E-state index contributed by atoms with van der Waals surface area (Å²) in [5.41, 5.74) is -1.08. The molecule has 1 rings (SSSR count). The van der Waals surface area contributed by atoms with Gasteiger partial charge in [0.2, 0.25) is 0 Å². The Kier molecular flexibility index (Phi) is 14.8. The van der Waals surface area contributed by atoms with Crippen LogP contribution in [0.5, 0.6) is 0 Å². The Bertz CT molecular complexity index is 1070. The summed E-state index contributed by atoms with van der Waals surface area (Å²) in [4.78, 5) is 37.2. The van der Waals surface area contributed by atoms with Crippen LogP contribution < -0.4 is 0 Å². The van der Waals surface area contributed by atoms with Crippen molar-refractivity contribution in [3.05, 3.63) is 35.4 Å². The fraction of sp³-hybridized carbons (Fsp3) is 0.700. The highest BCUT2D eigenvalue weighted by atomic mass is 32.2. The van der Waals surface area contributed by atoms with Crippen molar-refractivity contribution < 1.29 is 41.4 Å². The van der Waals surface area contributed by atoms with E-state index in [0.29, 0.717) is 31.2 Å². The number of carbonyl (C=O) groups excluding carboxylic acids is 3. The zero-order valence-corrected chi connectivity index (χ0v) is 25.7. The molecule has 0 amide bonds. The molecule has 0 saturated carbocycles. The molecule has 0 bridgehead atoms. The van der Waals surface area contributed by atoms with Crippen LogP contribution >= 0.6 is 0 Å². The van der Waals surface area contributed by atoms with Crippen LogP contribution in [0.15, 0.2) is 24.3 Å². The first-order valence-corrected chi connectivity index (χ1v) is 15.9. The summed E-state index contributed by atoms with van der Waals surface area (Å²) in [6.45, 7) is 10.2. The molecule has 0 saturated heterocycles. The highest BCUT2D eigenvalue weighted by Crippen LogP contribution is 2.36. The molecule has 0 aromatic heterocycles. The number of carbonyl (C=O) groups is 3. The Balaban J connectivity index is 3.18. The highest BCUT2D eigenvalue weighted by molar-refractivity contribution is 7.92. The number of benzene rings is 1. The first-order valence-electron chi connectivity index (χ1n) is 14.1. The van der Waals surface area contributed by atoms with Crippen molar-refractivity contribution in [2.75, 3.05) is 38.0 Å². The molecule has 10 heteroatoms. The van der Waals surface area contributed by atoms with E-state index in [1.807, 2.05) is 13.0 Å². The molecule has 40 heavy (non-hydrogen) atoms. The van der Waals surface area contributed by atoms with E-state index >= 15 is 0 Å². The first kappa shape index (κ1) is 35.5. The van der Waals surface area contributed by atoms with Gasteiger partial charge in [-0.2, -0.15) is 0 Å². The maximum atomic E-state index is 15.0. The molecular weight excluding hydrogens is 539 g/mol. The van der Waals surface area contributed by atoms with E-state index in [-0.39, 0.29) is 38.0 Å². The van der Waals surface area contributed by atoms with Crippen LogP contribution in [0.4, 0.5) is 4.39 Å². The van der Waals surface area contributed by atoms with E-state index in [2.05, 4.69) is 0 Å². The van der Waals surface area contributed by atoms with Crippen molar-refractivity contribution in [2.24, 2.45) is 11.3 Å². The predicted octanol–water partition coefficient (Wildman–Crippen LogP) is 5.15. The number of hydrogen-bond donors (Lipinski definition) is 0. The molecule has 0 radical (unpaired) electrons. The quantitative estimate of drug-likeness (QED) is 0.124. The maximum Gasteiger partial charge on any atom is 0.321 e. The summed E-state index contributed by atoms with van der Waals surface area (Å²) in [5.74, 6) is -3.13. The minimum atomic E-state index is -3.72. The van der Waals surface area contributed by atoms with Crippen molar-refractivity contribution in [3.8, 4) is 0 Å². The lowest BCUT2D eigenvalue weighted by Crippen LogP contribution is -2.40. The van der Waals surface area contributed by atoms with Gasteiger partial charge in [-0.15, -0.1) is 0 Å². The lowest BCUT2D eigenvalue weighted by atomic mass is 9.75. The summed E-state index contributed by atoms with van der Waals surface area (Å²) < 4.78 is 55.5. The minimum Gasteiger partial charge on any atom is -0.466 e. The molecule has 0 N–H and O–H groups in total. The Morgan fingerprint density at radius 3 is 2.25 bits per heavy atom.